The van der Waals surface area contributed by atoms with Gasteiger partial charge in [0, 0.05) is 24.1 Å². The van der Waals surface area contributed by atoms with Crippen LogP contribution in [-0.2, 0) is 17.7 Å². The molecule has 1 fully saturated rings. The van der Waals surface area contributed by atoms with Crippen LogP contribution in [0.4, 0.5) is 0 Å². The lowest BCUT2D eigenvalue weighted by molar-refractivity contribution is 0.138. The molecule has 1 N–H and O–H groups in total. The van der Waals surface area contributed by atoms with Gasteiger partial charge in [-0.2, -0.15) is 0 Å². The summed E-state index contributed by atoms with van der Waals surface area (Å²) >= 11 is 0. The van der Waals surface area contributed by atoms with Crippen molar-refractivity contribution >= 4 is 10.9 Å². The van der Waals surface area contributed by atoms with E-state index in [0.29, 0.717) is 47.5 Å². The molecule has 10 nitrogen and oxygen atoms in total. The number of methoxy groups -OCH3 is 3. The molecule has 1 atom stereocenters. The maximum Gasteiger partial charge on any atom is 0.253 e. The van der Waals surface area contributed by atoms with Crippen LogP contribution in [0.15, 0.2) is 53.3 Å². The largest absolute Gasteiger partial charge is 0.493 e. The van der Waals surface area contributed by atoms with Crippen LogP contribution < -0.4 is 15.0 Å². The van der Waals surface area contributed by atoms with Crippen LogP contribution in [0.3, 0.4) is 0 Å². The zero-order valence-corrected chi connectivity index (χ0v) is 22.1. The Hall–Kier alpha value is -3.76. The smallest absolute Gasteiger partial charge is 0.253 e. The highest BCUT2D eigenvalue weighted by Crippen LogP contribution is 2.35. The van der Waals surface area contributed by atoms with E-state index in [9.17, 15) is 4.79 Å². The first-order valence-corrected chi connectivity index (χ1v) is 12.9. The van der Waals surface area contributed by atoms with Crippen molar-refractivity contribution in [1.29, 1.82) is 0 Å². The number of fused-ring (bicyclic) bond motifs is 1. The molecule has 38 heavy (non-hydrogen) atoms. The summed E-state index contributed by atoms with van der Waals surface area (Å²) in [7, 11) is 4.82. The van der Waals surface area contributed by atoms with Crippen LogP contribution in [0.2, 0.25) is 0 Å². The first-order chi connectivity index (χ1) is 18.6. The first kappa shape index (κ1) is 25.9. The monoisotopic (exact) mass is 518 g/mol. The molecule has 3 heterocycles. The molecule has 0 saturated carbocycles. The normalized spacial score (nSPS) is 15.6. The zero-order chi connectivity index (χ0) is 26.5. The number of piperidine rings is 1. The predicted molar refractivity (Wildman–Crippen MR) is 144 cm³/mol. The van der Waals surface area contributed by atoms with Gasteiger partial charge in [-0.3, -0.25) is 9.69 Å². The molecule has 0 bridgehead atoms. The molecule has 0 amide bonds. The summed E-state index contributed by atoms with van der Waals surface area (Å²) < 4.78 is 17.9. The Morgan fingerprint density at radius 2 is 1.76 bits per heavy atom. The van der Waals surface area contributed by atoms with Gasteiger partial charge in [-0.15, -0.1) is 5.10 Å². The maximum absolute atomic E-state index is 13.5. The molecular weight excluding hydrogens is 484 g/mol. The predicted octanol–water partition coefficient (Wildman–Crippen LogP) is 3.22. The van der Waals surface area contributed by atoms with Gasteiger partial charge in [0.2, 0.25) is 0 Å². The number of aromatic amines is 1. The molecule has 0 radical (unpaired) electrons. The quantitative estimate of drug-likeness (QED) is 0.341. The number of hydrogen-bond donors (Lipinski definition) is 1. The molecule has 1 aliphatic heterocycles. The van der Waals surface area contributed by atoms with E-state index < -0.39 is 6.04 Å². The molecule has 200 valence electrons. The second kappa shape index (κ2) is 11.7. The summed E-state index contributed by atoms with van der Waals surface area (Å²) in [5.74, 6) is 2.38. The molecule has 0 spiro atoms. The number of ether oxygens (including phenoxy) is 3. The van der Waals surface area contributed by atoms with E-state index >= 15 is 0 Å². The number of hydrogen-bond acceptors (Lipinski definition) is 8. The van der Waals surface area contributed by atoms with E-state index in [1.807, 2.05) is 12.1 Å². The standard InChI is InChI=1S/C28H34N6O4/c1-36-14-13-34-27(30-31-32-34)26(33-11-9-20(10-12-33)15-19-7-5-4-6-8-19)22-16-21-17-24(37-2)25(38-3)18-23(21)29-28(22)35/h4-8,16-18,20,26H,9-15H2,1-3H3,(H,29,35). The van der Waals surface area contributed by atoms with Gasteiger partial charge in [0.25, 0.3) is 5.56 Å². The van der Waals surface area contributed by atoms with Crippen molar-refractivity contribution in [2.75, 3.05) is 41.0 Å². The van der Waals surface area contributed by atoms with Crippen molar-refractivity contribution in [3.8, 4) is 11.5 Å². The summed E-state index contributed by atoms with van der Waals surface area (Å²) in [6.07, 6.45) is 3.12. The highest BCUT2D eigenvalue weighted by Gasteiger charge is 2.33. The first-order valence-electron chi connectivity index (χ1n) is 12.9. The number of nitrogens with zero attached hydrogens (tertiary/aromatic N) is 5. The lowest BCUT2D eigenvalue weighted by Crippen LogP contribution is -2.41. The minimum atomic E-state index is -0.402. The molecule has 4 aromatic rings. The Morgan fingerprint density at radius 1 is 1.03 bits per heavy atom. The molecular formula is C28H34N6O4. The highest BCUT2D eigenvalue weighted by molar-refractivity contribution is 5.83. The van der Waals surface area contributed by atoms with Gasteiger partial charge in [-0.1, -0.05) is 30.3 Å². The lowest BCUT2D eigenvalue weighted by atomic mass is 9.89. The fourth-order valence-electron chi connectivity index (χ4n) is 5.36. The minimum absolute atomic E-state index is 0.178. The number of H-pyrrole nitrogens is 1. The maximum atomic E-state index is 13.5. The number of nitrogens with one attached hydrogen (secondary N) is 1. The number of aromatic nitrogens is 5. The van der Waals surface area contributed by atoms with Crippen molar-refractivity contribution in [2.24, 2.45) is 5.92 Å². The Morgan fingerprint density at radius 3 is 2.47 bits per heavy atom. The second-order valence-corrected chi connectivity index (χ2v) is 9.67. The van der Waals surface area contributed by atoms with Gasteiger partial charge in [0.05, 0.1) is 32.9 Å². The van der Waals surface area contributed by atoms with E-state index in [-0.39, 0.29) is 5.56 Å². The Balaban J connectivity index is 1.50. The summed E-state index contributed by atoms with van der Waals surface area (Å²) in [6.45, 7) is 2.64. The van der Waals surface area contributed by atoms with E-state index in [1.165, 1.54) is 5.56 Å². The Labute approximate surface area is 221 Å². The summed E-state index contributed by atoms with van der Waals surface area (Å²) in [6, 6.07) is 15.8. The number of rotatable bonds is 10. The molecule has 2 aromatic carbocycles. The van der Waals surface area contributed by atoms with Gasteiger partial charge in [0.15, 0.2) is 17.3 Å². The van der Waals surface area contributed by atoms with E-state index in [0.717, 1.165) is 37.7 Å². The average Bonchev–Trinajstić information content (AvgIpc) is 3.41. The fraction of sp³-hybridized carbons (Fsp3) is 0.429. The fourth-order valence-corrected chi connectivity index (χ4v) is 5.36. The van der Waals surface area contributed by atoms with Crippen LogP contribution in [0.1, 0.15) is 35.8 Å². The molecule has 10 heteroatoms. The lowest BCUT2D eigenvalue weighted by Gasteiger charge is -2.37. The second-order valence-electron chi connectivity index (χ2n) is 9.67. The SMILES string of the molecule is COCCn1nnnc1C(c1cc2cc(OC)c(OC)cc2[nH]c1=O)N1CCC(Cc2ccccc2)CC1. The van der Waals surface area contributed by atoms with Crippen molar-refractivity contribution < 1.29 is 14.2 Å². The van der Waals surface area contributed by atoms with Gasteiger partial charge in [-0.05, 0) is 66.4 Å². The van der Waals surface area contributed by atoms with Crippen LogP contribution >= 0.6 is 0 Å². The van der Waals surface area contributed by atoms with Crippen molar-refractivity contribution in [3.05, 3.63) is 75.8 Å². The van der Waals surface area contributed by atoms with Gasteiger partial charge < -0.3 is 19.2 Å². The summed E-state index contributed by atoms with van der Waals surface area (Å²) in [5.41, 5.74) is 2.46. The van der Waals surface area contributed by atoms with Crippen LogP contribution in [0, 0.1) is 5.92 Å². The van der Waals surface area contributed by atoms with Gasteiger partial charge in [0.1, 0.15) is 6.04 Å². The van der Waals surface area contributed by atoms with Crippen molar-refractivity contribution in [2.45, 2.75) is 31.8 Å². The van der Waals surface area contributed by atoms with Crippen molar-refractivity contribution in [3.63, 3.8) is 0 Å². The van der Waals surface area contributed by atoms with Crippen LogP contribution in [0.25, 0.3) is 10.9 Å². The van der Waals surface area contributed by atoms with Crippen molar-refractivity contribution in [1.82, 2.24) is 30.1 Å². The third-order valence-corrected chi connectivity index (χ3v) is 7.36. The molecule has 2 aromatic heterocycles. The molecule has 1 saturated heterocycles. The molecule has 1 unspecified atom stereocenters. The molecule has 1 aliphatic rings. The Kier molecular flexibility index (Phi) is 8.00. The summed E-state index contributed by atoms with van der Waals surface area (Å²) in [5, 5.41) is 13.4. The zero-order valence-electron chi connectivity index (χ0n) is 22.1. The topological polar surface area (TPSA) is 107 Å². The van der Waals surface area contributed by atoms with Gasteiger partial charge >= 0.3 is 0 Å². The number of benzene rings is 2. The third kappa shape index (κ3) is 5.41. The minimum Gasteiger partial charge on any atom is -0.493 e. The van der Waals surface area contributed by atoms with Crippen LogP contribution in [-0.4, -0.2) is 71.1 Å². The molecule has 5 rings (SSSR count). The number of pyridine rings is 1. The average molecular weight is 519 g/mol. The number of likely N-dealkylation sites (tertiary alicyclic amines) is 1. The van der Waals surface area contributed by atoms with E-state index in [1.54, 1.807) is 32.1 Å². The number of tetrazole rings is 1. The Bertz CT molecular complexity index is 1410. The van der Waals surface area contributed by atoms with E-state index in [4.69, 9.17) is 14.2 Å². The third-order valence-electron chi connectivity index (χ3n) is 7.36. The molecule has 0 aliphatic carbocycles. The summed E-state index contributed by atoms with van der Waals surface area (Å²) in [4.78, 5) is 18.9. The van der Waals surface area contributed by atoms with E-state index in [2.05, 4.69) is 55.7 Å². The highest BCUT2D eigenvalue weighted by atomic mass is 16.5. The van der Waals surface area contributed by atoms with Crippen LogP contribution in [0.5, 0.6) is 11.5 Å². The van der Waals surface area contributed by atoms with Gasteiger partial charge in [-0.25, -0.2) is 4.68 Å².